The Bertz CT molecular complexity index is 301. The molecule has 0 fully saturated rings. The minimum atomic E-state index is -4.82. The minimum absolute atomic E-state index is 1.30. The summed E-state index contributed by atoms with van der Waals surface area (Å²) in [6.07, 6.45) is -4.78. The fraction of sp³-hybridized carbons (Fsp3) is 1.00. The van der Waals surface area contributed by atoms with E-state index in [0.29, 0.717) is 0 Å². The first-order valence-electron chi connectivity index (χ1n) is 2.91. The molecule has 0 aliphatic carbocycles. The number of alkyl halides is 3. The molecule has 0 heterocycles. The van der Waals surface area contributed by atoms with E-state index in [2.05, 4.69) is 8.71 Å². The Morgan fingerprint density at radius 1 is 1.43 bits per heavy atom. The van der Waals surface area contributed by atoms with E-state index in [-0.39, 0.29) is 0 Å². The number of hydrogen-bond donors (Lipinski definition) is 1. The molecule has 0 saturated heterocycles. The Hall–Kier alpha value is -0.280. The second kappa shape index (κ2) is 4.99. The van der Waals surface area contributed by atoms with E-state index in [4.69, 9.17) is 4.89 Å². The van der Waals surface area contributed by atoms with Crippen molar-refractivity contribution in [3.05, 3.63) is 0 Å². The molecule has 0 aliphatic rings. The zero-order valence-corrected chi connectivity index (χ0v) is 8.10. The van der Waals surface area contributed by atoms with Gasteiger partial charge in [0.25, 0.3) is 10.1 Å². The summed E-state index contributed by atoms with van der Waals surface area (Å²) in [5.74, 6) is -1.30. The Morgan fingerprint density at radius 2 is 1.93 bits per heavy atom. The van der Waals surface area contributed by atoms with Gasteiger partial charge in [-0.1, -0.05) is 0 Å². The van der Waals surface area contributed by atoms with Crippen molar-refractivity contribution in [2.45, 2.75) is 6.29 Å². The molecule has 0 aliphatic heterocycles. The molecule has 1 atom stereocenters. The predicted octanol–water partition coefficient (Wildman–Crippen LogP) is 0.519. The van der Waals surface area contributed by atoms with Gasteiger partial charge in [-0.15, -0.1) is 13.7 Å². The summed E-state index contributed by atoms with van der Waals surface area (Å²) in [4.78, 5) is 7.87. The summed E-state index contributed by atoms with van der Waals surface area (Å²) < 4.78 is 72.4. The van der Waals surface area contributed by atoms with Crippen LogP contribution in [0.1, 0.15) is 0 Å². The van der Waals surface area contributed by atoms with Gasteiger partial charge >= 0.3 is 14.5 Å². The molecule has 0 aromatic heterocycles. The van der Waals surface area contributed by atoms with Crippen molar-refractivity contribution >= 4 is 18.4 Å². The molecule has 0 amide bonds. The zero-order valence-electron chi connectivity index (χ0n) is 6.39. The lowest BCUT2D eigenvalue weighted by Gasteiger charge is -2.07. The van der Waals surface area contributed by atoms with Crippen molar-refractivity contribution in [3.63, 3.8) is 0 Å². The standard InChI is InChI=1S/C3H4F3O6PS/c4-1-2-14(9,10)12-3(5,6)11-13(7)8/h1-2H2/p+1. The van der Waals surface area contributed by atoms with Crippen LogP contribution in [-0.4, -0.2) is 32.0 Å². The summed E-state index contributed by atoms with van der Waals surface area (Å²) >= 11 is 0. The third-order valence-corrected chi connectivity index (χ3v) is 2.21. The van der Waals surface area contributed by atoms with Gasteiger partial charge in [-0.25, -0.2) is 4.39 Å². The lowest BCUT2D eigenvalue weighted by molar-refractivity contribution is -0.306. The van der Waals surface area contributed by atoms with E-state index in [1.165, 1.54) is 0 Å². The van der Waals surface area contributed by atoms with Crippen LogP contribution in [0, 0.1) is 0 Å². The third-order valence-electron chi connectivity index (χ3n) is 0.736. The van der Waals surface area contributed by atoms with Crippen LogP contribution in [0.5, 0.6) is 0 Å². The monoisotopic (exact) mass is 257 g/mol. The van der Waals surface area contributed by atoms with E-state index in [1.807, 2.05) is 0 Å². The molecule has 84 valence electrons. The summed E-state index contributed by atoms with van der Waals surface area (Å²) in [7, 11) is -8.56. The van der Waals surface area contributed by atoms with Gasteiger partial charge in [0, 0.05) is 4.57 Å². The molecule has 0 saturated carbocycles. The Balaban J connectivity index is 4.42. The highest BCUT2D eigenvalue weighted by Crippen LogP contribution is 2.31. The van der Waals surface area contributed by atoms with Crippen LogP contribution in [0.25, 0.3) is 0 Å². The minimum Gasteiger partial charge on any atom is -0.250 e. The van der Waals surface area contributed by atoms with Crippen LogP contribution < -0.4 is 0 Å². The van der Waals surface area contributed by atoms with Gasteiger partial charge in [-0.2, -0.15) is 12.6 Å². The topological polar surface area (TPSA) is 89.9 Å². The summed E-state index contributed by atoms with van der Waals surface area (Å²) in [5, 5.41) is 0. The van der Waals surface area contributed by atoms with Crippen LogP contribution in [-0.2, 0) is 23.4 Å². The maximum absolute atomic E-state index is 12.2. The normalized spacial score (nSPS) is 14.1. The fourth-order valence-electron chi connectivity index (χ4n) is 0.390. The number of halogens is 3. The van der Waals surface area contributed by atoms with Crippen LogP contribution in [0.15, 0.2) is 0 Å². The van der Waals surface area contributed by atoms with Gasteiger partial charge in [-0.3, -0.25) is 0 Å². The molecule has 0 bridgehead atoms. The lowest BCUT2D eigenvalue weighted by atomic mass is 10.9. The molecular formula is C3H5F3O6PS+. The zero-order chi connectivity index (χ0) is 11.4. The van der Waals surface area contributed by atoms with Gasteiger partial charge in [-0.05, 0) is 4.52 Å². The first-order valence-corrected chi connectivity index (χ1v) is 5.61. The summed E-state index contributed by atoms with van der Waals surface area (Å²) in [5.41, 5.74) is 0. The first kappa shape index (κ1) is 13.7. The molecule has 6 nitrogen and oxygen atoms in total. The van der Waals surface area contributed by atoms with Crippen molar-refractivity contribution in [1.29, 1.82) is 0 Å². The maximum atomic E-state index is 12.2. The lowest BCUT2D eigenvalue weighted by Crippen LogP contribution is -2.28. The highest BCUT2D eigenvalue weighted by molar-refractivity contribution is 7.86. The maximum Gasteiger partial charge on any atom is 0.703 e. The van der Waals surface area contributed by atoms with Gasteiger partial charge < -0.3 is 0 Å². The second-order valence-electron chi connectivity index (χ2n) is 1.83. The average molecular weight is 257 g/mol. The summed E-state index contributed by atoms with van der Waals surface area (Å²) in [6, 6.07) is 0. The van der Waals surface area contributed by atoms with E-state index in [9.17, 15) is 26.2 Å². The Morgan fingerprint density at radius 3 is 2.29 bits per heavy atom. The number of rotatable bonds is 6. The predicted molar refractivity (Wildman–Crippen MR) is 36.7 cm³/mol. The second-order valence-corrected chi connectivity index (χ2v) is 4.18. The number of hydrogen-bond acceptors (Lipinski definition) is 5. The molecule has 0 radical (unpaired) electrons. The molecule has 0 spiro atoms. The van der Waals surface area contributed by atoms with Crippen LogP contribution in [0.2, 0.25) is 0 Å². The van der Waals surface area contributed by atoms with Crippen LogP contribution in [0.4, 0.5) is 13.2 Å². The van der Waals surface area contributed by atoms with Crippen molar-refractivity contribution in [1.82, 2.24) is 0 Å². The first-order chi connectivity index (χ1) is 6.18. The molecule has 0 rings (SSSR count). The highest BCUT2D eigenvalue weighted by Gasteiger charge is 2.47. The molecule has 11 heteroatoms. The van der Waals surface area contributed by atoms with Crippen LogP contribution in [0.3, 0.4) is 0 Å². The largest absolute Gasteiger partial charge is 0.703 e. The van der Waals surface area contributed by atoms with Crippen molar-refractivity contribution in [2.24, 2.45) is 0 Å². The Kier molecular flexibility index (Phi) is 4.89. The average Bonchev–Trinajstić information content (AvgIpc) is 1.78. The van der Waals surface area contributed by atoms with Gasteiger partial charge in [0.15, 0.2) is 0 Å². The van der Waals surface area contributed by atoms with E-state index in [0.717, 1.165) is 0 Å². The molecule has 0 aromatic rings. The van der Waals surface area contributed by atoms with Gasteiger partial charge in [0.2, 0.25) is 0 Å². The molecule has 0 aromatic carbocycles. The SMILES string of the molecule is O=[P+](O)OC(F)(F)OS(=O)(=O)CCF. The van der Waals surface area contributed by atoms with Crippen LogP contribution >= 0.6 is 8.25 Å². The molecule has 1 N–H and O–H groups in total. The summed E-state index contributed by atoms with van der Waals surface area (Å²) in [6.45, 7) is -1.43. The smallest absolute Gasteiger partial charge is 0.250 e. The molecular weight excluding hydrogens is 252 g/mol. The van der Waals surface area contributed by atoms with Gasteiger partial charge in [0.05, 0.1) is 0 Å². The third kappa shape index (κ3) is 6.22. The van der Waals surface area contributed by atoms with Crippen molar-refractivity contribution in [3.8, 4) is 0 Å². The van der Waals surface area contributed by atoms with Crippen molar-refractivity contribution < 1.29 is 39.8 Å². The van der Waals surface area contributed by atoms with E-state index in [1.54, 1.807) is 0 Å². The highest BCUT2D eigenvalue weighted by atomic mass is 32.2. The van der Waals surface area contributed by atoms with E-state index < -0.39 is 37.1 Å². The van der Waals surface area contributed by atoms with E-state index >= 15 is 0 Å². The van der Waals surface area contributed by atoms with Gasteiger partial charge in [0.1, 0.15) is 12.4 Å². The quantitative estimate of drug-likeness (QED) is 0.424. The van der Waals surface area contributed by atoms with Crippen molar-refractivity contribution in [2.75, 3.05) is 12.4 Å². The molecule has 1 unspecified atom stereocenters. The molecule has 14 heavy (non-hydrogen) atoms. The Labute approximate surface area is 77.7 Å². The fourth-order valence-corrected chi connectivity index (χ4v) is 1.26.